The number of carbonyl (C=O) groups excluding carboxylic acids is 3. The van der Waals surface area contributed by atoms with Crippen LogP contribution in [0.3, 0.4) is 0 Å². The van der Waals surface area contributed by atoms with E-state index in [-0.39, 0.29) is 43.6 Å². The molecule has 0 heterocycles. The third kappa shape index (κ3) is 6.95. The summed E-state index contributed by atoms with van der Waals surface area (Å²) >= 11 is 0. The molecule has 2 N–H and O–H groups in total. The number of Topliss-reactive ketones (excluding diaryl/α,β-unsaturated/α-hetero) is 3. The Kier molecular flexibility index (Phi) is 11.0. The minimum absolute atomic E-state index is 0.000394. The van der Waals surface area contributed by atoms with Crippen molar-refractivity contribution in [3.63, 3.8) is 0 Å². The molecule has 0 spiro atoms. The first-order valence-corrected chi connectivity index (χ1v) is 15.7. The number of hydrogen-bond acceptors (Lipinski definition) is 4. The van der Waals surface area contributed by atoms with Crippen LogP contribution in [0, 0.1) is 16.7 Å². The van der Waals surface area contributed by atoms with Gasteiger partial charge in [-0.1, -0.05) is 56.6 Å². The topological polar surface area (TPSA) is 90.9 Å². The van der Waals surface area contributed by atoms with Crippen LogP contribution in [-0.2, 0) is 14.4 Å². The van der Waals surface area contributed by atoms with E-state index in [0.29, 0.717) is 16.7 Å². The molecular formula is C35H53NO4. The number of ketones is 3. The molecule has 5 nitrogen and oxygen atoms in total. The van der Waals surface area contributed by atoms with Gasteiger partial charge in [0.25, 0.3) is 0 Å². The maximum Gasteiger partial charge on any atom is 0.179 e. The lowest BCUT2D eigenvalue weighted by Gasteiger charge is -2.54. The molecule has 5 heteroatoms. The van der Waals surface area contributed by atoms with Gasteiger partial charge in [0, 0.05) is 11.8 Å². The minimum Gasteiger partial charge on any atom is -0.874 e. The van der Waals surface area contributed by atoms with Crippen LogP contribution in [0.4, 0.5) is 0 Å². The molecule has 0 aliphatic heterocycles. The molecule has 0 aromatic carbocycles. The van der Waals surface area contributed by atoms with Crippen molar-refractivity contribution < 1.29 is 24.8 Å². The standard InChI is InChI=1S/C23H30O4.C12H23N/c1-13(2)8-17-19(25)22(10-15(5)6)11-16(7)12-23(20(17)26,21(22)27)18(24)9-14(3)4;1-3-7-11(8-4-1)13-12-9-5-2-6-10-12/h14,25H,1,5,7-12H2,2-4,6H3;11-13H,1-10H2/t22-,23-;/m0./s1. The Morgan fingerprint density at radius 3 is 1.90 bits per heavy atom. The zero-order valence-corrected chi connectivity index (χ0v) is 25.7. The lowest BCUT2D eigenvalue weighted by atomic mass is 9.49. The first-order chi connectivity index (χ1) is 18.8. The van der Waals surface area contributed by atoms with Crippen LogP contribution >= 0.6 is 0 Å². The van der Waals surface area contributed by atoms with E-state index in [2.05, 4.69) is 25.1 Å². The molecule has 0 aromatic rings. The van der Waals surface area contributed by atoms with Crippen LogP contribution in [0.5, 0.6) is 0 Å². The molecule has 2 atom stereocenters. The number of carbonyl (C=O) groups is 3. The summed E-state index contributed by atoms with van der Waals surface area (Å²) in [4.78, 5) is 40.3. The number of rotatable bonds is 9. The molecule has 0 aromatic heterocycles. The van der Waals surface area contributed by atoms with Gasteiger partial charge in [0.2, 0.25) is 0 Å². The fraction of sp³-hybridized carbons (Fsp3) is 0.686. The first kappa shape index (κ1) is 32.2. The quantitative estimate of drug-likeness (QED) is 0.288. The predicted octanol–water partition coefficient (Wildman–Crippen LogP) is 5.84. The Labute approximate surface area is 242 Å². The fourth-order valence-electron chi connectivity index (χ4n) is 7.59. The van der Waals surface area contributed by atoms with E-state index < -0.39 is 33.9 Å². The average Bonchev–Trinajstić information content (AvgIpc) is 2.88. The number of allylic oxidation sites excluding steroid dienone is 5. The maximum absolute atomic E-state index is 13.6. The van der Waals surface area contributed by atoms with Gasteiger partial charge in [0.1, 0.15) is 0 Å². The van der Waals surface area contributed by atoms with Crippen molar-refractivity contribution in [3.05, 3.63) is 47.8 Å². The molecule has 4 aliphatic rings. The number of fused-ring (bicyclic) bond motifs is 2. The van der Waals surface area contributed by atoms with E-state index in [1.165, 1.54) is 64.2 Å². The van der Waals surface area contributed by atoms with E-state index >= 15 is 0 Å². The van der Waals surface area contributed by atoms with Crippen LogP contribution in [0.2, 0.25) is 0 Å². The molecule has 0 unspecified atom stereocenters. The lowest BCUT2D eigenvalue weighted by Crippen LogP contribution is -2.95. The second-order valence-corrected chi connectivity index (χ2v) is 13.8. The Bertz CT molecular complexity index is 1030. The highest BCUT2D eigenvalue weighted by Crippen LogP contribution is 2.57. The number of quaternary nitrogens is 1. The van der Waals surface area contributed by atoms with Crippen molar-refractivity contribution in [2.24, 2.45) is 16.7 Å². The Hall–Kier alpha value is -2.27. The van der Waals surface area contributed by atoms with Crippen molar-refractivity contribution in [3.8, 4) is 0 Å². The zero-order valence-electron chi connectivity index (χ0n) is 25.7. The van der Waals surface area contributed by atoms with Crippen LogP contribution in [0.25, 0.3) is 0 Å². The van der Waals surface area contributed by atoms with E-state index in [1.54, 1.807) is 13.8 Å². The fourth-order valence-corrected chi connectivity index (χ4v) is 7.59. The molecule has 4 rings (SSSR count). The van der Waals surface area contributed by atoms with Gasteiger partial charge >= 0.3 is 0 Å². The van der Waals surface area contributed by atoms with Gasteiger partial charge in [-0.05, 0) is 102 Å². The van der Waals surface area contributed by atoms with Gasteiger partial charge in [0.05, 0.1) is 12.1 Å². The summed E-state index contributed by atoms with van der Waals surface area (Å²) in [5, 5.41) is 16.1. The summed E-state index contributed by atoms with van der Waals surface area (Å²) in [6.07, 6.45) is 15.5. The summed E-state index contributed by atoms with van der Waals surface area (Å²) in [6, 6.07) is 1.99. The molecule has 0 amide bonds. The second kappa shape index (κ2) is 13.6. The normalized spacial score (nSPS) is 27.9. The third-order valence-corrected chi connectivity index (χ3v) is 9.26. The van der Waals surface area contributed by atoms with Crippen molar-refractivity contribution in [2.45, 2.75) is 136 Å². The summed E-state index contributed by atoms with van der Waals surface area (Å²) in [7, 11) is 0. The molecule has 0 saturated heterocycles. The van der Waals surface area contributed by atoms with Gasteiger partial charge in [-0.3, -0.25) is 14.4 Å². The van der Waals surface area contributed by atoms with Crippen LogP contribution in [0.1, 0.15) is 124 Å². The van der Waals surface area contributed by atoms with Crippen molar-refractivity contribution in [1.82, 2.24) is 0 Å². The molecule has 0 radical (unpaired) electrons. The average molecular weight is 552 g/mol. The molecular weight excluding hydrogens is 498 g/mol. The monoisotopic (exact) mass is 551 g/mol. The van der Waals surface area contributed by atoms with Crippen molar-refractivity contribution >= 4 is 17.3 Å². The van der Waals surface area contributed by atoms with E-state index in [4.69, 9.17) is 0 Å². The van der Waals surface area contributed by atoms with Crippen molar-refractivity contribution in [2.75, 3.05) is 0 Å². The highest BCUT2D eigenvalue weighted by atomic mass is 16.3. The van der Waals surface area contributed by atoms with Gasteiger partial charge in [-0.15, -0.1) is 12.3 Å². The Balaban J connectivity index is 0.000000281. The molecule has 222 valence electrons. The van der Waals surface area contributed by atoms with Crippen LogP contribution in [-0.4, -0.2) is 29.4 Å². The second-order valence-electron chi connectivity index (χ2n) is 13.8. The van der Waals surface area contributed by atoms with E-state index in [1.807, 2.05) is 13.8 Å². The summed E-state index contributed by atoms with van der Waals surface area (Å²) in [5.74, 6) is -2.05. The van der Waals surface area contributed by atoms with Crippen LogP contribution in [0.15, 0.2) is 47.8 Å². The number of nitrogens with two attached hydrogens (primary N) is 1. The Morgan fingerprint density at radius 1 is 0.925 bits per heavy atom. The summed E-state index contributed by atoms with van der Waals surface area (Å²) < 4.78 is 0. The maximum atomic E-state index is 13.6. The molecule has 4 aliphatic carbocycles. The minimum atomic E-state index is -1.81. The first-order valence-electron chi connectivity index (χ1n) is 15.7. The SMILES string of the molecule is C1CCC([NH2+]C2CCCCC2)CC1.C=C(C)CC1=C([O-])[C@]2(CC(=C)C)CC(=C)C[C@](C(=O)CC(C)C)(C1=O)C2=O. The van der Waals surface area contributed by atoms with Crippen molar-refractivity contribution in [1.29, 1.82) is 0 Å². The van der Waals surface area contributed by atoms with Gasteiger partial charge in [-0.2, -0.15) is 0 Å². The van der Waals surface area contributed by atoms with Gasteiger partial charge in [0.15, 0.2) is 22.8 Å². The predicted molar refractivity (Wildman–Crippen MR) is 159 cm³/mol. The molecule has 3 fully saturated rings. The smallest absolute Gasteiger partial charge is 0.179 e. The molecule has 2 bridgehead atoms. The molecule has 3 saturated carbocycles. The largest absolute Gasteiger partial charge is 0.874 e. The zero-order chi connectivity index (χ0) is 29.7. The van der Waals surface area contributed by atoms with Gasteiger partial charge < -0.3 is 10.4 Å². The Morgan fingerprint density at radius 2 is 1.45 bits per heavy atom. The van der Waals surface area contributed by atoms with E-state index in [9.17, 15) is 19.5 Å². The van der Waals surface area contributed by atoms with E-state index in [0.717, 1.165) is 12.1 Å². The highest BCUT2D eigenvalue weighted by Gasteiger charge is 2.64. The molecule has 40 heavy (non-hydrogen) atoms. The van der Waals surface area contributed by atoms with Crippen LogP contribution < -0.4 is 10.4 Å². The van der Waals surface area contributed by atoms with Gasteiger partial charge in [-0.25, -0.2) is 0 Å². The third-order valence-electron chi connectivity index (χ3n) is 9.26. The number of hydrogen-bond donors (Lipinski definition) is 1. The highest BCUT2D eigenvalue weighted by molar-refractivity contribution is 6.33. The lowest BCUT2D eigenvalue weighted by molar-refractivity contribution is -0.725. The summed E-state index contributed by atoms with van der Waals surface area (Å²) in [5.41, 5.74) is -1.30. The summed E-state index contributed by atoms with van der Waals surface area (Å²) in [6.45, 7) is 18.9.